The number of fused-ring (bicyclic) bond motifs is 1. The van der Waals surface area contributed by atoms with E-state index >= 15 is 0 Å². The molecule has 1 heterocycles. The molecule has 202 valence electrons. The van der Waals surface area contributed by atoms with Gasteiger partial charge in [-0.25, -0.2) is 0 Å². The van der Waals surface area contributed by atoms with Crippen molar-refractivity contribution >= 4 is 28.5 Å². The molecular weight excluding hydrogens is 476 g/mol. The van der Waals surface area contributed by atoms with Gasteiger partial charge in [-0.15, -0.1) is 0 Å². The quantitative estimate of drug-likeness (QED) is 0.451. The third kappa shape index (κ3) is 8.15. The summed E-state index contributed by atoms with van der Waals surface area (Å²) in [4.78, 5) is 41.7. The van der Waals surface area contributed by atoms with Gasteiger partial charge in [-0.3, -0.25) is 14.4 Å². The Bertz CT molecular complexity index is 1190. The van der Waals surface area contributed by atoms with Crippen LogP contribution < -0.4 is 11.1 Å². The second-order valence-corrected chi connectivity index (χ2v) is 9.66. The zero-order chi connectivity index (χ0) is 27.3. The van der Waals surface area contributed by atoms with Crippen LogP contribution in [0.2, 0.25) is 0 Å². The van der Waals surface area contributed by atoms with Crippen LogP contribution in [0.3, 0.4) is 0 Å². The van der Waals surface area contributed by atoms with Gasteiger partial charge in [0, 0.05) is 20.1 Å². The number of hydrogen-bond acceptors (Lipinski definition) is 4. The number of unbranched alkanes of at least 4 members (excludes halogenated alkanes) is 1. The number of nitrogens with two attached hydrogens (primary N) is 1. The zero-order valence-corrected chi connectivity index (χ0v) is 22.6. The molecule has 1 unspecified atom stereocenters. The number of nitrogens with one attached hydrogen (secondary N) is 1. The van der Waals surface area contributed by atoms with E-state index in [4.69, 9.17) is 5.73 Å². The van der Waals surface area contributed by atoms with E-state index < -0.39 is 6.04 Å². The number of hydrogen-bond donors (Lipinski definition) is 2. The highest BCUT2D eigenvalue weighted by Gasteiger charge is 2.34. The third-order valence-electron chi connectivity index (χ3n) is 6.76. The van der Waals surface area contributed by atoms with Gasteiger partial charge in [0.1, 0.15) is 6.04 Å². The molecule has 38 heavy (non-hydrogen) atoms. The Kier molecular flexibility index (Phi) is 11.3. The van der Waals surface area contributed by atoms with Gasteiger partial charge in [-0.2, -0.15) is 0 Å². The van der Waals surface area contributed by atoms with Gasteiger partial charge in [-0.1, -0.05) is 86.1 Å². The number of benzene rings is 3. The van der Waals surface area contributed by atoms with Gasteiger partial charge < -0.3 is 20.9 Å². The number of amides is 3. The second-order valence-electron chi connectivity index (χ2n) is 9.66. The Hall–Kier alpha value is -3.71. The molecular formula is C31H40N4O3. The molecule has 0 spiro atoms. The summed E-state index contributed by atoms with van der Waals surface area (Å²) in [5.74, 6) is -0.490. The van der Waals surface area contributed by atoms with Crippen molar-refractivity contribution in [3.63, 3.8) is 0 Å². The average molecular weight is 517 g/mol. The molecule has 3 N–H and O–H groups in total. The van der Waals surface area contributed by atoms with Crippen LogP contribution in [0.5, 0.6) is 0 Å². The molecule has 0 saturated carbocycles. The highest BCUT2D eigenvalue weighted by molar-refractivity contribution is 5.94. The van der Waals surface area contributed by atoms with Crippen molar-refractivity contribution in [2.24, 2.45) is 5.73 Å². The molecule has 3 aromatic carbocycles. The van der Waals surface area contributed by atoms with Crippen molar-refractivity contribution in [3.8, 4) is 0 Å². The van der Waals surface area contributed by atoms with Crippen LogP contribution in [0, 0.1) is 0 Å². The maximum atomic E-state index is 13.1. The number of rotatable bonds is 9. The van der Waals surface area contributed by atoms with Gasteiger partial charge in [0.25, 0.3) is 0 Å². The molecule has 1 aliphatic heterocycles. The fourth-order valence-corrected chi connectivity index (χ4v) is 4.61. The summed E-state index contributed by atoms with van der Waals surface area (Å²) in [6.07, 6.45) is 4.03. The van der Waals surface area contributed by atoms with Crippen LogP contribution in [-0.4, -0.2) is 60.2 Å². The van der Waals surface area contributed by atoms with Crippen molar-refractivity contribution in [1.82, 2.24) is 15.1 Å². The molecule has 0 radical (unpaired) electrons. The summed E-state index contributed by atoms with van der Waals surface area (Å²) in [5, 5.41) is 4.90. The van der Waals surface area contributed by atoms with E-state index in [0.29, 0.717) is 19.5 Å². The van der Waals surface area contributed by atoms with Gasteiger partial charge in [0.05, 0.1) is 13.0 Å². The highest BCUT2D eigenvalue weighted by Crippen LogP contribution is 2.23. The van der Waals surface area contributed by atoms with Gasteiger partial charge in [0.2, 0.25) is 17.7 Å². The van der Waals surface area contributed by atoms with E-state index in [0.717, 1.165) is 34.9 Å². The predicted octanol–water partition coefficient (Wildman–Crippen LogP) is 3.89. The Balaban J connectivity index is 0.000000732. The first kappa shape index (κ1) is 28.9. The number of likely N-dealkylation sites (tertiary alicyclic amines) is 1. The largest absolute Gasteiger partial charge is 0.345 e. The maximum Gasteiger partial charge on any atom is 0.243 e. The molecule has 7 heteroatoms. The summed E-state index contributed by atoms with van der Waals surface area (Å²) in [6, 6.07) is 23.1. The predicted molar refractivity (Wildman–Crippen MR) is 152 cm³/mol. The van der Waals surface area contributed by atoms with Crippen LogP contribution in [-0.2, 0) is 27.3 Å². The topological polar surface area (TPSA) is 95.7 Å². The Morgan fingerprint density at radius 1 is 1.00 bits per heavy atom. The Morgan fingerprint density at radius 3 is 2.42 bits per heavy atom. The molecule has 3 amide bonds. The SMILES string of the molecule is CCCCN.CN(Cc1ccccc1)C(=O)CNC(=O)C1CCCN1C(=O)Cc1cccc2ccccc12. The first-order valence-corrected chi connectivity index (χ1v) is 13.5. The lowest BCUT2D eigenvalue weighted by Crippen LogP contribution is -2.48. The standard InChI is InChI=1S/C27H29N3O3.C4H11N/c1-29(19-20-9-3-2-4-10-20)26(32)18-28-27(33)24-15-8-16-30(24)25(31)17-22-13-7-12-21-11-5-6-14-23(21)22;1-2-3-4-5/h2-7,9-14,24H,8,15-19H2,1H3,(H,28,33);2-5H2,1H3. The van der Waals surface area contributed by atoms with Crippen molar-refractivity contribution < 1.29 is 14.4 Å². The van der Waals surface area contributed by atoms with E-state index in [-0.39, 0.29) is 30.7 Å². The fraction of sp³-hybridized carbons (Fsp3) is 0.387. The minimum Gasteiger partial charge on any atom is -0.345 e. The van der Waals surface area contributed by atoms with Gasteiger partial charge >= 0.3 is 0 Å². The zero-order valence-electron chi connectivity index (χ0n) is 22.6. The van der Waals surface area contributed by atoms with E-state index in [1.165, 1.54) is 12.8 Å². The monoisotopic (exact) mass is 516 g/mol. The Labute approximate surface area is 226 Å². The van der Waals surface area contributed by atoms with Crippen LogP contribution in [0.25, 0.3) is 10.8 Å². The van der Waals surface area contributed by atoms with Crippen LogP contribution >= 0.6 is 0 Å². The average Bonchev–Trinajstić information content (AvgIpc) is 3.44. The van der Waals surface area contributed by atoms with E-state index in [2.05, 4.69) is 12.2 Å². The first-order chi connectivity index (χ1) is 18.4. The van der Waals surface area contributed by atoms with Crippen molar-refractivity contribution in [2.75, 3.05) is 26.7 Å². The molecule has 0 bridgehead atoms. The summed E-state index contributed by atoms with van der Waals surface area (Å²) in [6.45, 7) is 3.94. The smallest absolute Gasteiger partial charge is 0.243 e. The molecule has 0 aliphatic carbocycles. The Morgan fingerprint density at radius 2 is 1.71 bits per heavy atom. The molecule has 4 rings (SSSR count). The van der Waals surface area contributed by atoms with Gasteiger partial charge in [0.15, 0.2) is 0 Å². The molecule has 1 fully saturated rings. The molecule has 7 nitrogen and oxygen atoms in total. The number of nitrogens with zero attached hydrogens (tertiary/aromatic N) is 2. The van der Waals surface area contributed by atoms with Crippen LogP contribution in [0.4, 0.5) is 0 Å². The second kappa shape index (κ2) is 14.9. The fourth-order valence-electron chi connectivity index (χ4n) is 4.61. The summed E-state index contributed by atoms with van der Waals surface area (Å²) in [5.41, 5.74) is 7.13. The summed E-state index contributed by atoms with van der Waals surface area (Å²) in [7, 11) is 1.72. The lowest BCUT2D eigenvalue weighted by Gasteiger charge is -2.25. The number of carbonyl (C=O) groups is 3. The molecule has 1 aliphatic rings. The molecule has 1 saturated heterocycles. The minimum atomic E-state index is -0.528. The lowest BCUT2D eigenvalue weighted by atomic mass is 10.0. The van der Waals surface area contributed by atoms with Crippen molar-refractivity contribution in [3.05, 3.63) is 83.9 Å². The van der Waals surface area contributed by atoms with E-state index in [1.54, 1.807) is 16.8 Å². The van der Waals surface area contributed by atoms with Crippen LogP contribution in [0.1, 0.15) is 43.7 Å². The normalized spacial score (nSPS) is 14.5. The highest BCUT2D eigenvalue weighted by atomic mass is 16.2. The maximum absolute atomic E-state index is 13.1. The van der Waals surface area contributed by atoms with E-state index in [9.17, 15) is 14.4 Å². The van der Waals surface area contributed by atoms with Crippen molar-refractivity contribution in [2.45, 2.75) is 51.6 Å². The van der Waals surface area contributed by atoms with Crippen molar-refractivity contribution in [1.29, 1.82) is 0 Å². The number of carbonyl (C=O) groups excluding carboxylic acids is 3. The minimum absolute atomic E-state index is 0.0588. The van der Waals surface area contributed by atoms with Gasteiger partial charge in [-0.05, 0) is 47.7 Å². The molecule has 3 aromatic rings. The van der Waals surface area contributed by atoms with Crippen LogP contribution in [0.15, 0.2) is 72.8 Å². The third-order valence-corrected chi connectivity index (χ3v) is 6.76. The summed E-state index contributed by atoms with van der Waals surface area (Å²) >= 11 is 0. The molecule has 1 atom stereocenters. The lowest BCUT2D eigenvalue weighted by molar-refractivity contribution is -0.139. The number of likely N-dealkylation sites (N-methyl/N-ethyl adjacent to an activating group) is 1. The summed E-state index contributed by atoms with van der Waals surface area (Å²) < 4.78 is 0. The molecule has 0 aromatic heterocycles. The van der Waals surface area contributed by atoms with E-state index in [1.807, 2.05) is 72.8 Å². The first-order valence-electron chi connectivity index (χ1n) is 13.5.